The number of hydrogen-bond acceptors (Lipinski definition) is 4. The summed E-state index contributed by atoms with van der Waals surface area (Å²) in [5.41, 5.74) is 1.20. The summed E-state index contributed by atoms with van der Waals surface area (Å²) in [7, 11) is 0. The molecule has 0 spiro atoms. The number of aromatic nitrogens is 3. The molecular weight excluding hydrogens is 260 g/mol. The SMILES string of the molecule is O=C(CCc1cn[nH]n1)N[C@@H](C(=O)O)c1ccccc1. The summed E-state index contributed by atoms with van der Waals surface area (Å²) in [5.74, 6) is -1.43. The van der Waals surface area contributed by atoms with E-state index >= 15 is 0 Å². The Hall–Kier alpha value is -2.70. The first-order valence-electron chi connectivity index (χ1n) is 6.08. The molecule has 104 valence electrons. The first-order valence-corrected chi connectivity index (χ1v) is 6.08. The van der Waals surface area contributed by atoms with Gasteiger partial charge in [-0.15, -0.1) is 0 Å². The topological polar surface area (TPSA) is 108 Å². The van der Waals surface area contributed by atoms with E-state index in [0.29, 0.717) is 17.7 Å². The molecule has 2 rings (SSSR count). The van der Waals surface area contributed by atoms with Crippen LogP contribution in [0, 0.1) is 0 Å². The number of nitrogens with zero attached hydrogens (tertiary/aromatic N) is 2. The Bertz CT molecular complexity index is 569. The number of rotatable bonds is 6. The zero-order chi connectivity index (χ0) is 14.4. The highest BCUT2D eigenvalue weighted by atomic mass is 16.4. The van der Waals surface area contributed by atoms with Crippen LogP contribution >= 0.6 is 0 Å². The summed E-state index contributed by atoms with van der Waals surface area (Å²) in [6.45, 7) is 0. The number of aryl methyl sites for hydroxylation is 1. The average molecular weight is 274 g/mol. The molecule has 1 atom stereocenters. The van der Waals surface area contributed by atoms with Crippen molar-refractivity contribution in [3.8, 4) is 0 Å². The second-order valence-corrected chi connectivity index (χ2v) is 4.21. The Labute approximate surface area is 115 Å². The fourth-order valence-corrected chi connectivity index (χ4v) is 1.75. The number of amides is 1. The number of aliphatic carboxylic acids is 1. The minimum Gasteiger partial charge on any atom is -0.479 e. The van der Waals surface area contributed by atoms with Crippen LogP contribution in [0.5, 0.6) is 0 Å². The quantitative estimate of drug-likeness (QED) is 0.717. The molecule has 0 unspecified atom stereocenters. The Morgan fingerprint density at radius 1 is 1.30 bits per heavy atom. The Morgan fingerprint density at radius 2 is 2.05 bits per heavy atom. The highest BCUT2D eigenvalue weighted by molar-refractivity contribution is 5.84. The number of carbonyl (C=O) groups is 2. The van der Waals surface area contributed by atoms with Crippen LogP contribution in [0.2, 0.25) is 0 Å². The van der Waals surface area contributed by atoms with Gasteiger partial charge in [-0.1, -0.05) is 30.3 Å². The second kappa shape index (κ2) is 6.46. The molecular formula is C13H14N4O3. The fraction of sp³-hybridized carbons (Fsp3) is 0.231. The van der Waals surface area contributed by atoms with Crippen LogP contribution in [-0.2, 0) is 16.0 Å². The molecule has 0 aliphatic heterocycles. The molecule has 0 saturated heterocycles. The maximum absolute atomic E-state index is 11.8. The van der Waals surface area contributed by atoms with E-state index in [1.54, 1.807) is 30.3 Å². The van der Waals surface area contributed by atoms with E-state index in [4.69, 9.17) is 0 Å². The molecule has 1 aromatic heterocycles. The number of carboxylic acid groups (broad SMARTS) is 1. The maximum Gasteiger partial charge on any atom is 0.330 e. The summed E-state index contributed by atoms with van der Waals surface area (Å²) in [4.78, 5) is 23.0. The lowest BCUT2D eigenvalue weighted by molar-refractivity contribution is -0.142. The molecule has 3 N–H and O–H groups in total. The molecule has 7 nitrogen and oxygen atoms in total. The lowest BCUT2D eigenvalue weighted by atomic mass is 10.1. The van der Waals surface area contributed by atoms with E-state index in [1.807, 2.05) is 0 Å². The van der Waals surface area contributed by atoms with E-state index in [-0.39, 0.29) is 12.3 Å². The minimum atomic E-state index is -1.09. The largest absolute Gasteiger partial charge is 0.479 e. The number of aromatic amines is 1. The van der Waals surface area contributed by atoms with Gasteiger partial charge in [0.1, 0.15) is 0 Å². The first kappa shape index (κ1) is 13.7. The summed E-state index contributed by atoms with van der Waals surface area (Å²) in [5, 5.41) is 21.6. The fourth-order valence-electron chi connectivity index (χ4n) is 1.75. The molecule has 1 heterocycles. The number of carboxylic acids is 1. The standard InChI is InChI=1S/C13H14N4O3/c18-11(7-6-10-8-14-17-16-10)15-12(13(19)20)9-4-2-1-3-5-9/h1-5,8,12H,6-7H2,(H,15,18)(H,19,20)(H,14,16,17)/t12-/m1/s1. The van der Waals surface area contributed by atoms with Crippen molar-refractivity contribution in [2.24, 2.45) is 0 Å². The highest BCUT2D eigenvalue weighted by Gasteiger charge is 2.21. The second-order valence-electron chi connectivity index (χ2n) is 4.21. The minimum absolute atomic E-state index is 0.156. The lowest BCUT2D eigenvalue weighted by Crippen LogP contribution is -2.33. The zero-order valence-corrected chi connectivity index (χ0v) is 10.6. The number of benzene rings is 1. The third-order valence-electron chi connectivity index (χ3n) is 2.76. The van der Waals surface area contributed by atoms with Crippen molar-refractivity contribution < 1.29 is 14.7 Å². The van der Waals surface area contributed by atoms with Gasteiger partial charge in [0, 0.05) is 12.8 Å². The third kappa shape index (κ3) is 3.64. The number of carbonyl (C=O) groups excluding carboxylic acids is 1. The van der Waals surface area contributed by atoms with Crippen LogP contribution in [0.1, 0.15) is 23.7 Å². The van der Waals surface area contributed by atoms with Gasteiger partial charge >= 0.3 is 5.97 Å². The number of nitrogens with one attached hydrogen (secondary N) is 2. The van der Waals surface area contributed by atoms with Crippen LogP contribution in [0.25, 0.3) is 0 Å². The molecule has 0 aliphatic rings. The van der Waals surface area contributed by atoms with Gasteiger partial charge in [-0.3, -0.25) is 4.79 Å². The molecule has 0 aliphatic carbocycles. The summed E-state index contributed by atoms with van der Waals surface area (Å²) in [6.07, 6.45) is 2.09. The van der Waals surface area contributed by atoms with Crippen molar-refractivity contribution in [1.29, 1.82) is 0 Å². The van der Waals surface area contributed by atoms with E-state index < -0.39 is 12.0 Å². The van der Waals surface area contributed by atoms with Crippen molar-refractivity contribution in [1.82, 2.24) is 20.7 Å². The van der Waals surface area contributed by atoms with Crippen LogP contribution in [0.3, 0.4) is 0 Å². The van der Waals surface area contributed by atoms with Gasteiger partial charge in [-0.05, 0) is 5.56 Å². The van der Waals surface area contributed by atoms with Gasteiger partial charge in [0.15, 0.2) is 6.04 Å². The Balaban J connectivity index is 1.95. The zero-order valence-electron chi connectivity index (χ0n) is 10.6. The molecule has 0 fully saturated rings. The predicted octanol–water partition coefficient (Wildman–Crippen LogP) is 0.679. The van der Waals surface area contributed by atoms with Gasteiger partial charge in [0.2, 0.25) is 5.91 Å². The maximum atomic E-state index is 11.8. The first-order chi connectivity index (χ1) is 9.66. The number of hydrogen-bond donors (Lipinski definition) is 3. The smallest absolute Gasteiger partial charge is 0.330 e. The lowest BCUT2D eigenvalue weighted by Gasteiger charge is -2.14. The molecule has 1 amide bonds. The van der Waals surface area contributed by atoms with Crippen LogP contribution < -0.4 is 5.32 Å². The monoisotopic (exact) mass is 274 g/mol. The van der Waals surface area contributed by atoms with Crippen molar-refractivity contribution in [3.05, 3.63) is 47.8 Å². The molecule has 0 bridgehead atoms. The van der Waals surface area contributed by atoms with E-state index in [0.717, 1.165) is 0 Å². The summed E-state index contributed by atoms with van der Waals surface area (Å²) >= 11 is 0. The van der Waals surface area contributed by atoms with E-state index in [2.05, 4.69) is 20.7 Å². The molecule has 20 heavy (non-hydrogen) atoms. The highest BCUT2D eigenvalue weighted by Crippen LogP contribution is 2.13. The van der Waals surface area contributed by atoms with Crippen LogP contribution in [0.4, 0.5) is 0 Å². The summed E-state index contributed by atoms with van der Waals surface area (Å²) in [6, 6.07) is 7.53. The van der Waals surface area contributed by atoms with Crippen molar-refractivity contribution in [2.45, 2.75) is 18.9 Å². The average Bonchev–Trinajstić information content (AvgIpc) is 2.96. The van der Waals surface area contributed by atoms with Gasteiger partial charge in [-0.2, -0.15) is 15.4 Å². The van der Waals surface area contributed by atoms with Crippen molar-refractivity contribution >= 4 is 11.9 Å². The van der Waals surface area contributed by atoms with Gasteiger partial charge in [0.05, 0.1) is 11.9 Å². The number of H-pyrrole nitrogens is 1. The van der Waals surface area contributed by atoms with Crippen LogP contribution in [0.15, 0.2) is 36.5 Å². The van der Waals surface area contributed by atoms with Crippen molar-refractivity contribution in [2.75, 3.05) is 0 Å². The molecule has 2 aromatic rings. The van der Waals surface area contributed by atoms with Gasteiger partial charge in [0.25, 0.3) is 0 Å². The Morgan fingerprint density at radius 3 is 2.65 bits per heavy atom. The van der Waals surface area contributed by atoms with Gasteiger partial charge < -0.3 is 10.4 Å². The van der Waals surface area contributed by atoms with Gasteiger partial charge in [-0.25, -0.2) is 4.79 Å². The molecule has 7 heteroatoms. The molecule has 0 radical (unpaired) electrons. The molecule has 0 saturated carbocycles. The molecule has 1 aromatic carbocycles. The third-order valence-corrected chi connectivity index (χ3v) is 2.76. The normalized spacial score (nSPS) is 11.8. The van der Waals surface area contributed by atoms with E-state index in [1.165, 1.54) is 6.20 Å². The summed E-state index contributed by atoms with van der Waals surface area (Å²) < 4.78 is 0. The van der Waals surface area contributed by atoms with Crippen LogP contribution in [-0.4, -0.2) is 32.4 Å². The van der Waals surface area contributed by atoms with Crippen molar-refractivity contribution in [3.63, 3.8) is 0 Å². The van der Waals surface area contributed by atoms with E-state index in [9.17, 15) is 14.7 Å². The Kier molecular flexibility index (Phi) is 4.43. The predicted molar refractivity (Wildman–Crippen MR) is 69.7 cm³/mol.